The highest BCUT2D eigenvalue weighted by Crippen LogP contribution is 2.23. The molecule has 3 aromatic rings. The number of ether oxygens (including phenoxy) is 1. The van der Waals surface area contributed by atoms with Crippen LogP contribution in [-0.4, -0.2) is 34.0 Å². The average molecular weight is 402 g/mol. The maximum Gasteiger partial charge on any atom is 0.279 e. The Kier molecular flexibility index (Phi) is 5.57. The van der Waals surface area contributed by atoms with E-state index in [1.165, 1.54) is 48.8 Å². The molecule has 1 heterocycles. The molecular formula is C17H14N4O6S. The summed E-state index contributed by atoms with van der Waals surface area (Å²) in [5.41, 5.74) is 0.353. The van der Waals surface area contributed by atoms with Gasteiger partial charge in [0.2, 0.25) is 0 Å². The molecule has 0 aliphatic carbocycles. The molecule has 0 saturated carbocycles. The number of nitro groups is 2. The lowest BCUT2D eigenvalue weighted by molar-refractivity contribution is -0.385. The van der Waals surface area contributed by atoms with Crippen molar-refractivity contribution in [2.45, 2.75) is 6.54 Å². The van der Waals surface area contributed by atoms with E-state index in [1.807, 2.05) is 0 Å². The minimum Gasteiger partial charge on any atom is -0.383 e. The van der Waals surface area contributed by atoms with Crippen molar-refractivity contribution >= 4 is 38.8 Å². The molecule has 0 spiro atoms. The Hall–Kier alpha value is -3.44. The zero-order valence-corrected chi connectivity index (χ0v) is 15.4. The molecule has 0 unspecified atom stereocenters. The lowest BCUT2D eigenvalue weighted by atomic mass is 10.2. The van der Waals surface area contributed by atoms with Gasteiger partial charge in [-0.2, -0.15) is 4.99 Å². The molecule has 0 bridgehead atoms. The molecule has 1 amide bonds. The number of fused-ring (bicyclic) bond motifs is 1. The third kappa shape index (κ3) is 3.94. The maximum absolute atomic E-state index is 12.5. The zero-order chi connectivity index (χ0) is 20.3. The molecule has 3 rings (SSSR count). The number of nitro benzene ring substituents is 2. The molecule has 2 aromatic carbocycles. The number of hydrogen-bond acceptors (Lipinski definition) is 7. The Morgan fingerprint density at radius 2 is 1.86 bits per heavy atom. The van der Waals surface area contributed by atoms with Gasteiger partial charge in [0.1, 0.15) is 0 Å². The van der Waals surface area contributed by atoms with E-state index in [9.17, 15) is 25.0 Å². The van der Waals surface area contributed by atoms with Crippen molar-refractivity contribution in [2.24, 2.45) is 4.99 Å². The first-order chi connectivity index (χ1) is 13.4. The van der Waals surface area contributed by atoms with Gasteiger partial charge in [-0.1, -0.05) is 17.4 Å². The predicted molar refractivity (Wildman–Crippen MR) is 101 cm³/mol. The van der Waals surface area contributed by atoms with Crippen molar-refractivity contribution in [3.05, 3.63) is 73.1 Å². The first kappa shape index (κ1) is 19.3. The summed E-state index contributed by atoms with van der Waals surface area (Å²) in [5, 5.41) is 22.0. The van der Waals surface area contributed by atoms with Crippen LogP contribution in [0.25, 0.3) is 10.2 Å². The fourth-order valence-electron chi connectivity index (χ4n) is 2.56. The van der Waals surface area contributed by atoms with Crippen LogP contribution in [0.4, 0.5) is 11.4 Å². The van der Waals surface area contributed by atoms with E-state index in [2.05, 4.69) is 4.99 Å². The highest BCUT2D eigenvalue weighted by molar-refractivity contribution is 7.16. The van der Waals surface area contributed by atoms with Gasteiger partial charge in [-0.3, -0.25) is 25.0 Å². The van der Waals surface area contributed by atoms with Gasteiger partial charge in [-0.15, -0.1) is 0 Å². The van der Waals surface area contributed by atoms with Crippen LogP contribution in [0.5, 0.6) is 0 Å². The van der Waals surface area contributed by atoms with Gasteiger partial charge in [0.05, 0.1) is 26.7 Å². The number of nitrogens with zero attached hydrogens (tertiary/aromatic N) is 4. The molecule has 0 aliphatic heterocycles. The van der Waals surface area contributed by atoms with Crippen LogP contribution in [0.1, 0.15) is 10.4 Å². The molecule has 11 heteroatoms. The Bertz CT molecular complexity index is 1150. The summed E-state index contributed by atoms with van der Waals surface area (Å²) in [5.74, 6) is -0.643. The minimum absolute atomic E-state index is 0.0759. The Morgan fingerprint density at radius 3 is 2.54 bits per heavy atom. The quantitative estimate of drug-likeness (QED) is 0.460. The molecular weight excluding hydrogens is 388 g/mol. The fraction of sp³-hybridized carbons (Fsp3) is 0.176. The summed E-state index contributed by atoms with van der Waals surface area (Å²) in [6.07, 6.45) is 0. The molecule has 10 nitrogen and oxygen atoms in total. The monoisotopic (exact) mass is 402 g/mol. The highest BCUT2D eigenvalue weighted by atomic mass is 32.1. The number of aromatic nitrogens is 1. The number of thiazole rings is 1. The molecule has 0 N–H and O–H groups in total. The lowest BCUT2D eigenvalue weighted by Crippen LogP contribution is -2.19. The third-order valence-electron chi connectivity index (χ3n) is 3.90. The van der Waals surface area contributed by atoms with Gasteiger partial charge in [-0.25, -0.2) is 0 Å². The Morgan fingerprint density at radius 1 is 1.14 bits per heavy atom. The molecule has 0 atom stereocenters. The topological polar surface area (TPSA) is 130 Å². The summed E-state index contributed by atoms with van der Waals surface area (Å²) < 4.78 is 7.45. The van der Waals surface area contributed by atoms with Gasteiger partial charge in [0.15, 0.2) is 4.80 Å². The van der Waals surface area contributed by atoms with Crippen molar-refractivity contribution in [3.8, 4) is 0 Å². The van der Waals surface area contributed by atoms with Crippen LogP contribution in [0, 0.1) is 20.2 Å². The van der Waals surface area contributed by atoms with Gasteiger partial charge in [-0.05, 0) is 12.1 Å². The molecule has 0 radical (unpaired) electrons. The highest BCUT2D eigenvalue weighted by Gasteiger charge is 2.15. The number of carbonyl (C=O) groups excluding carboxylic acids is 1. The van der Waals surface area contributed by atoms with E-state index in [4.69, 9.17) is 4.74 Å². The van der Waals surface area contributed by atoms with Crippen LogP contribution in [-0.2, 0) is 11.3 Å². The fourth-order valence-corrected chi connectivity index (χ4v) is 3.59. The molecule has 0 saturated heterocycles. The van der Waals surface area contributed by atoms with E-state index < -0.39 is 15.8 Å². The second-order valence-electron chi connectivity index (χ2n) is 5.66. The van der Waals surface area contributed by atoms with Crippen molar-refractivity contribution in [3.63, 3.8) is 0 Å². The maximum atomic E-state index is 12.5. The van der Waals surface area contributed by atoms with Crippen LogP contribution in [0.3, 0.4) is 0 Å². The molecule has 1 aromatic heterocycles. The molecule has 144 valence electrons. The van der Waals surface area contributed by atoms with Crippen molar-refractivity contribution in [2.75, 3.05) is 13.7 Å². The summed E-state index contributed by atoms with van der Waals surface area (Å²) in [4.78, 5) is 37.8. The first-order valence-electron chi connectivity index (χ1n) is 8.01. The SMILES string of the molecule is COCCn1c(=NC(=O)c2cccc([N+](=O)[O-])c2)sc2ccc([N+](=O)[O-])cc21. The summed E-state index contributed by atoms with van der Waals surface area (Å²) in [7, 11) is 1.52. The van der Waals surface area contributed by atoms with Crippen LogP contribution in [0.15, 0.2) is 47.5 Å². The normalized spacial score (nSPS) is 11.7. The summed E-state index contributed by atoms with van der Waals surface area (Å²) >= 11 is 1.19. The standard InChI is InChI=1S/C17H14N4O6S/c1-27-8-7-19-14-10-13(21(25)26)5-6-15(14)28-17(19)18-16(22)11-3-2-4-12(9-11)20(23)24/h2-6,9-10H,7-8H2,1H3. The van der Waals surface area contributed by atoms with E-state index >= 15 is 0 Å². The molecule has 0 fully saturated rings. The molecule has 0 aliphatic rings. The Balaban J connectivity index is 2.12. The smallest absolute Gasteiger partial charge is 0.279 e. The zero-order valence-electron chi connectivity index (χ0n) is 14.6. The first-order valence-corrected chi connectivity index (χ1v) is 8.82. The number of benzene rings is 2. The van der Waals surface area contributed by atoms with Gasteiger partial charge in [0, 0.05) is 43.5 Å². The third-order valence-corrected chi connectivity index (χ3v) is 4.96. The van der Waals surface area contributed by atoms with Crippen molar-refractivity contribution in [1.29, 1.82) is 0 Å². The summed E-state index contributed by atoms with van der Waals surface area (Å²) in [6.45, 7) is 0.644. The van der Waals surface area contributed by atoms with Crippen LogP contribution < -0.4 is 4.80 Å². The molecule has 28 heavy (non-hydrogen) atoms. The second kappa shape index (κ2) is 8.06. The van der Waals surface area contributed by atoms with Crippen molar-refractivity contribution in [1.82, 2.24) is 4.57 Å². The van der Waals surface area contributed by atoms with Crippen LogP contribution >= 0.6 is 11.3 Å². The summed E-state index contributed by atoms with van der Waals surface area (Å²) in [6, 6.07) is 9.69. The largest absolute Gasteiger partial charge is 0.383 e. The van der Waals surface area contributed by atoms with Crippen LogP contribution in [0.2, 0.25) is 0 Å². The van der Waals surface area contributed by atoms with E-state index in [0.29, 0.717) is 28.2 Å². The van der Waals surface area contributed by atoms with E-state index in [1.54, 1.807) is 10.6 Å². The van der Waals surface area contributed by atoms with Crippen molar-refractivity contribution < 1.29 is 19.4 Å². The number of carbonyl (C=O) groups is 1. The Labute approximate surface area is 161 Å². The number of amides is 1. The number of rotatable bonds is 6. The van der Waals surface area contributed by atoms with Gasteiger partial charge in [0.25, 0.3) is 17.3 Å². The van der Waals surface area contributed by atoms with Gasteiger partial charge >= 0.3 is 0 Å². The number of methoxy groups -OCH3 is 1. The van der Waals surface area contributed by atoms with E-state index in [-0.39, 0.29) is 16.9 Å². The number of hydrogen-bond donors (Lipinski definition) is 0. The van der Waals surface area contributed by atoms with Gasteiger partial charge < -0.3 is 9.30 Å². The van der Waals surface area contributed by atoms with E-state index in [0.717, 1.165) is 6.07 Å². The number of non-ortho nitro benzene ring substituents is 2. The predicted octanol–water partition coefficient (Wildman–Crippen LogP) is 2.91. The average Bonchev–Trinajstić information content (AvgIpc) is 3.02. The lowest BCUT2D eigenvalue weighted by Gasteiger charge is -2.04. The second-order valence-corrected chi connectivity index (χ2v) is 6.67. The minimum atomic E-state index is -0.643.